The van der Waals surface area contributed by atoms with Crippen LogP contribution < -0.4 is 5.32 Å². The van der Waals surface area contributed by atoms with E-state index in [1.165, 1.54) is 12.1 Å². The molecule has 0 heterocycles. The lowest BCUT2D eigenvalue weighted by molar-refractivity contribution is -0.144. The Balaban J connectivity index is 1.92. The molecule has 0 aliphatic heterocycles. The molecule has 0 saturated heterocycles. The third kappa shape index (κ3) is 5.21. The second-order valence-electron chi connectivity index (χ2n) is 6.66. The number of aliphatic carboxylic acids is 1. The molecular formula is C18H22F3NO3. The standard InChI is InChI=1S/C18H22F3NO3/c1-11(10-14-4-2-3-5-15(14)18(19,20)21)22-16(23)12-6-8-13(9-7-12)17(24)25/h2-5,11-13H,6-10H2,1H3,(H,22,23)(H,24,25). The molecule has 1 saturated carbocycles. The lowest BCUT2D eigenvalue weighted by Gasteiger charge is -2.27. The van der Waals surface area contributed by atoms with Gasteiger partial charge in [-0.1, -0.05) is 18.2 Å². The van der Waals surface area contributed by atoms with Crippen LogP contribution in [0.1, 0.15) is 43.7 Å². The third-order valence-corrected chi connectivity index (χ3v) is 4.68. The van der Waals surface area contributed by atoms with Gasteiger partial charge in [0.2, 0.25) is 5.91 Å². The summed E-state index contributed by atoms with van der Waals surface area (Å²) in [4.78, 5) is 23.2. The molecule has 25 heavy (non-hydrogen) atoms. The minimum atomic E-state index is -4.42. The van der Waals surface area contributed by atoms with E-state index in [1.54, 1.807) is 13.0 Å². The van der Waals surface area contributed by atoms with Gasteiger partial charge < -0.3 is 10.4 Å². The van der Waals surface area contributed by atoms with E-state index in [2.05, 4.69) is 5.32 Å². The van der Waals surface area contributed by atoms with Crippen molar-refractivity contribution in [1.82, 2.24) is 5.32 Å². The number of hydrogen-bond acceptors (Lipinski definition) is 2. The van der Waals surface area contributed by atoms with E-state index in [0.717, 1.165) is 6.07 Å². The topological polar surface area (TPSA) is 66.4 Å². The molecule has 0 bridgehead atoms. The molecule has 0 aromatic heterocycles. The zero-order chi connectivity index (χ0) is 18.6. The summed E-state index contributed by atoms with van der Waals surface area (Å²) in [7, 11) is 0. The van der Waals surface area contributed by atoms with Gasteiger partial charge in [-0.15, -0.1) is 0 Å². The number of carboxylic acid groups (broad SMARTS) is 1. The first-order chi connectivity index (χ1) is 11.7. The van der Waals surface area contributed by atoms with Gasteiger partial charge in [0.1, 0.15) is 0 Å². The van der Waals surface area contributed by atoms with E-state index in [4.69, 9.17) is 5.11 Å². The average Bonchev–Trinajstić information content (AvgIpc) is 2.54. The van der Waals surface area contributed by atoms with Crippen molar-refractivity contribution in [3.8, 4) is 0 Å². The summed E-state index contributed by atoms with van der Waals surface area (Å²) >= 11 is 0. The smallest absolute Gasteiger partial charge is 0.416 e. The van der Waals surface area contributed by atoms with Crippen molar-refractivity contribution in [3.05, 3.63) is 35.4 Å². The van der Waals surface area contributed by atoms with E-state index < -0.39 is 29.7 Å². The monoisotopic (exact) mass is 357 g/mol. The zero-order valence-corrected chi connectivity index (χ0v) is 14.0. The predicted molar refractivity (Wildman–Crippen MR) is 85.8 cm³/mol. The predicted octanol–water partition coefficient (Wildman–Crippen LogP) is 3.64. The van der Waals surface area contributed by atoms with E-state index in [9.17, 15) is 22.8 Å². The Hall–Kier alpha value is -2.05. The third-order valence-electron chi connectivity index (χ3n) is 4.68. The van der Waals surface area contributed by atoms with Crippen LogP contribution in [0.25, 0.3) is 0 Å². The quantitative estimate of drug-likeness (QED) is 0.845. The number of rotatable bonds is 5. The van der Waals surface area contributed by atoms with Crippen molar-refractivity contribution < 1.29 is 27.9 Å². The molecular weight excluding hydrogens is 335 g/mol. The number of halogens is 3. The van der Waals surface area contributed by atoms with Crippen LogP contribution in [0, 0.1) is 11.8 Å². The number of alkyl halides is 3. The van der Waals surface area contributed by atoms with Gasteiger partial charge in [-0.3, -0.25) is 9.59 Å². The van der Waals surface area contributed by atoms with Gasteiger partial charge in [-0.25, -0.2) is 0 Å². The summed E-state index contributed by atoms with van der Waals surface area (Å²) in [5, 5.41) is 11.7. The SMILES string of the molecule is CC(Cc1ccccc1C(F)(F)F)NC(=O)C1CCC(C(=O)O)CC1. The van der Waals surface area contributed by atoms with Gasteiger partial charge >= 0.3 is 12.1 Å². The van der Waals surface area contributed by atoms with Crippen molar-refractivity contribution in [1.29, 1.82) is 0 Å². The van der Waals surface area contributed by atoms with E-state index in [-0.39, 0.29) is 23.8 Å². The first kappa shape index (κ1) is 19.3. The number of carboxylic acids is 1. The molecule has 2 N–H and O–H groups in total. The molecule has 1 unspecified atom stereocenters. The number of carbonyl (C=O) groups is 2. The van der Waals surface area contributed by atoms with Crippen LogP contribution in [-0.4, -0.2) is 23.0 Å². The summed E-state index contributed by atoms with van der Waals surface area (Å²) in [5.41, 5.74) is -0.532. The summed E-state index contributed by atoms with van der Waals surface area (Å²) < 4.78 is 39.1. The van der Waals surface area contributed by atoms with Gasteiger partial charge in [-0.2, -0.15) is 13.2 Å². The Morgan fingerprint density at radius 2 is 1.72 bits per heavy atom. The molecule has 1 aromatic rings. The van der Waals surface area contributed by atoms with Crippen LogP contribution in [0.4, 0.5) is 13.2 Å². The van der Waals surface area contributed by atoms with Crippen LogP contribution >= 0.6 is 0 Å². The van der Waals surface area contributed by atoms with Crippen LogP contribution in [0.5, 0.6) is 0 Å². The molecule has 0 radical (unpaired) electrons. The lowest BCUT2D eigenvalue weighted by Crippen LogP contribution is -2.40. The highest BCUT2D eigenvalue weighted by atomic mass is 19.4. The largest absolute Gasteiger partial charge is 0.481 e. The Morgan fingerprint density at radius 1 is 1.16 bits per heavy atom. The second-order valence-corrected chi connectivity index (χ2v) is 6.66. The van der Waals surface area contributed by atoms with Crippen LogP contribution in [0.3, 0.4) is 0 Å². The minimum Gasteiger partial charge on any atom is -0.481 e. The van der Waals surface area contributed by atoms with Crippen LogP contribution in [0.2, 0.25) is 0 Å². The second kappa shape index (κ2) is 7.89. The average molecular weight is 357 g/mol. The fraction of sp³-hybridized carbons (Fsp3) is 0.556. The molecule has 4 nitrogen and oxygen atoms in total. The summed E-state index contributed by atoms with van der Waals surface area (Å²) in [6, 6.07) is 4.91. The molecule has 1 aliphatic carbocycles. The first-order valence-electron chi connectivity index (χ1n) is 8.36. The number of hydrogen-bond donors (Lipinski definition) is 2. The van der Waals surface area contributed by atoms with Crippen molar-refractivity contribution in [2.24, 2.45) is 11.8 Å². The van der Waals surface area contributed by atoms with Crippen molar-refractivity contribution in [2.75, 3.05) is 0 Å². The number of amides is 1. The maximum Gasteiger partial charge on any atom is 0.416 e. The first-order valence-corrected chi connectivity index (χ1v) is 8.36. The maximum absolute atomic E-state index is 13.0. The van der Waals surface area contributed by atoms with Gasteiger partial charge in [-0.05, 0) is 50.7 Å². The zero-order valence-electron chi connectivity index (χ0n) is 14.0. The Bertz CT molecular complexity index is 622. The van der Waals surface area contributed by atoms with Crippen molar-refractivity contribution >= 4 is 11.9 Å². The highest BCUT2D eigenvalue weighted by molar-refractivity contribution is 5.79. The Morgan fingerprint density at radius 3 is 2.28 bits per heavy atom. The maximum atomic E-state index is 13.0. The molecule has 1 aliphatic rings. The van der Waals surface area contributed by atoms with Crippen LogP contribution in [0.15, 0.2) is 24.3 Å². The molecule has 138 valence electrons. The van der Waals surface area contributed by atoms with Gasteiger partial charge in [0.25, 0.3) is 0 Å². The minimum absolute atomic E-state index is 0.0892. The van der Waals surface area contributed by atoms with Crippen LogP contribution in [-0.2, 0) is 22.2 Å². The molecule has 1 amide bonds. The highest BCUT2D eigenvalue weighted by Gasteiger charge is 2.34. The molecule has 2 rings (SSSR count). The van der Waals surface area contributed by atoms with E-state index in [0.29, 0.717) is 25.7 Å². The Kier molecular flexibility index (Phi) is 6.08. The van der Waals surface area contributed by atoms with Gasteiger partial charge in [0.05, 0.1) is 11.5 Å². The van der Waals surface area contributed by atoms with Crippen molar-refractivity contribution in [2.45, 2.75) is 51.2 Å². The van der Waals surface area contributed by atoms with E-state index in [1.807, 2.05) is 0 Å². The molecule has 7 heteroatoms. The molecule has 1 atom stereocenters. The van der Waals surface area contributed by atoms with Gasteiger partial charge in [0, 0.05) is 12.0 Å². The molecule has 1 fully saturated rings. The fourth-order valence-corrected chi connectivity index (χ4v) is 3.32. The van der Waals surface area contributed by atoms with Gasteiger partial charge in [0.15, 0.2) is 0 Å². The van der Waals surface area contributed by atoms with Crippen molar-refractivity contribution in [3.63, 3.8) is 0 Å². The fourth-order valence-electron chi connectivity index (χ4n) is 3.32. The summed E-state index contributed by atoms with van der Waals surface area (Å²) in [6.45, 7) is 1.67. The highest BCUT2D eigenvalue weighted by Crippen LogP contribution is 2.32. The number of benzene rings is 1. The summed E-state index contributed by atoms with van der Waals surface area (Å²) in [6.07, 6.45) is -2.43. The Labute approximate surface area is 144 Å². The normalized spacial score (nSPS) is 22.2. The lowest BCUT2D eigenvalue weighted by atomic mass is 9.81. The summed E-state index contributed by atoms with van der Waals surface area (Å²) in [5.74, 6) is -1.71. The molecule has 1 aromatic carbocycles. The molecule has 0 spiro atoms. The number of nitrogens with one attached hydrogen (secondary N) is 1. The number of carbonyl (C=O) groups excluding carboxylic acids is 1. The van der Waals surface area contributed by atoms with E-state index >= 15 is 0 Å².